The van der Waals surface area contributed by atoms with Crippen LogP contribution >= 0.6 is 0 Å². The molecular weight excluding hydrogens is 343 g/mol. The zero-order chi connectivity index (χ0) is 18.7. The minimum Gasteiger partial charge on any atom is -0.338 e. The highest BCUT2D eigenvalue weighted by Gasteiger charge is 2.32. The molecule has 0 bridgehead atoms. The SMILES string of the molecule is CN1CCN(C[C@@H]2CCCN(C(=O)c3cccc(C(F)(F)F)c3)C2)CC1. The van der Waals surface area contributed by atoms with Crippen LogP contribution in [-0.4, -0.2) is 73.5 Å². The van der Waals surface area contributed by atoms with Crippen LogP contribution in [0.15, 0.2) is 24.3 Å². The molecule has 2 aliphatic heterocycles. The van der Waals surface area contributed by atoms with Crippen molar-refractivity contribution in [3.63, 3.8) is 0 Å². The Hall–Kier alpha value is -1.60. The Morgan fingerprint density at radius 3 is 2.58 bits per heavy atom. The molecular formula is C19H26F3N3O. The summed E-state index contributed by atoms with van der Waals surface area (Å²) in [6.45, 7) is 6.39. The first-order chi connectivity index (χ1) is 12.3. The Labute approximate surface area is 152 Å². The number of carbonyl (C=O) groups is 1. The van der Waals surface area contributed by atoms with Gasteiger partial charge in [0.2, 0.25) is 0 Å². The third-order valence-corrected chi connectivity index (χ3v) is 5.36. The van der Waals surface area contributed by atoms with Crippen molar-refractivity contribution < 1.29 is 18.0 Å². The van der Waals surface area contributed by atoms with E-state index in [1.807, 2.05) is 0 Å². The maximum atomic E-state index is 12.9. The summed E-state index contributed by atoms with van der Waals surface area (Å²) in [5.74, 6) is 0.0982. The molecule has 1 aromatic rings. The van der Waals surface area contributed by atoms with Gasteiger partial charge < -0.3 is 14.7 Å². The molecule has 0 aliphatic carbocycles. The minimum absolute atomic E-state index is 0.125. The number of hydrogen-bond donors (Lipinski definition) is 0. The molecule has 1 amide bonds. The number of rotatable bonds is 3. The van der Waals surface area contributed by atoms with Crippen LogP contribution in [0.5, 0.6) is 0 Å². The van der Waals surface area contributed by atoms with Gasteiger partial charge in [0.15, 0.2) is 0 Å². The van der Waals surface area contributed by atoms with Crippen LogP contribution < -0.4 is 0 Å². The lowest BCUT2D eigenvalue weighted by Crippen LogP contribution is -2.49. The fourth-order valence-corrected chi connectivity index (χ4v) is 3.81. The van der Waals surface area contributed by atoms with Crippen molar-refractivity contribution in [3.05, 3.63) is 35.4 Å². The van der Waals surface area contributed by atoms with Crippen molar-refractivity contribution in [2.75, 3.05) is 52.9 Å². The number of halogens is 3. The number of likely N-dealkylation sites (tertiary alicyclic amines) is 1. The Morgan fingerprint density at radius 2 is 1.88 bits per heavy atom. The molecule has 1 atom stereocenters. The van der Waals surface area contributed by atoms with Crippen molar-refractivity contribution in [2.24, 2.45) is 5.92 Å². The van der Waals surface area contributed by atoms with Crippen molar-refractivity contribution >= 4 is 5.91 Å². The topological polar surface area (TPSA) is 26.8 Å². The lowest BCUT2D eigenvalue weighted by molar-refractivity contribution is -0.137. The number of carbonyl (C=O) groups excluding carboxylic acids is 1. The summed E-state index contributed by atoms with van der Waals surface area (Å²) < 4.78 is 38.7. The second kappa shape index (κ2) is 7.96. The summed E-state index contributed by atoms with van der Waals surface area (Å²) in [6.07, 6.45) is -2.45. The normalized spacial score (nSPS) is 23.2. The highest BCUT2D eigenvalue weighted by atomic mass is 19.4. The fourth-order valence-electron chi connectivity index (χ4n) is 3.81. The van der Waals surface area contributed by atoms with E-state index >= 15 is 0 Å². The van der Waals surface area contributed by atoms with Gasteiger partial charge in [-0.15, -0.1) is 0 Å². The Bertz CT molecular complexity index is 627. The molecule has 2 fully saturated rings. The highest BCUT2D eigenvalue weighted by molar-refractivity contribution is 5.94. The van der Waals surface area contributed by atoms with Gasteiger partial charge in [0, 0.05) is 51.4 Å². The number of piperazine rings is 1. The van der Waals surface area contributed by atoms with Gasteiger partial charge in [-0.2, -0.15) is 13.2 Å². The quantitative estimate of drug-likeness (QED) is 0.820. The van der Waals surface area contributed by atoms with Crippen LogP contribution in [0, 0.1) is 5.92 Å². The fraction of sp³-hybridized carbons (Fsp3) is 0.632. The van der Waals surface area contributed by atoms with E-state index in [2.05, 4.69) is 16.8 Å². The second-order valence-electron chi connectivity index (χ2n) is 7.44. The summed E-state index contributed by atoms with van der Waals surface area (Å²) in [5.41, 5.74) is -0.644. The van der Waals surface area contributed by atoms with Crippen LogP contribution in [-0.2, 0) is 6.18 Å². The first kappa shape index (κ1) is 19.2. The molecule has 144 valence electrons. The van der Waals surface area contributed by atoms with Crippen LogP contribution in [0.2, 0.25) is 0 Å². The molecule has 4 nitrogen and oxygen atoms in total. The molecule has 2 saturated heterocycles. The number of amides is 1. The predicted molar refractivity (Wildman–Crippen MR) is 94.0 cm³/mol. The number of benzene rings is 1. The van der Waals surface area contributed by atoms with Gasteiger partial charge in [0.25, 0.3) is 5.91 Å². The van der Waals surface area contributed by atoms with Gasteiger partial charge in [-0.3, -0.25) is 4.79 Å². The number of nitrogens with zero attached hydrogens (tertiary/aromatic N) is 3. The van der Waals surface area contributed by atoms with E-state index < -0.39 is 11.7 Å². The van der Waals surface area contributed by atoms with Gasteiger partial charge in [-0.05, 0) is 44.0 Å². The molecule has 1 aromatic carbocycles. The van der Waals surface area contributed by atoms with E-state index in [9.17, 15) is 18.0 Å². The molecule has 26 heavy (non-hydrogen) atoms. The summed E-state index contributed by atoms with van der Waals surface area (Å²) in [5, 5.41) is 0. The Morgan fingerprint density at radius 1 is 1.15 bits per heavy atom. The molecule has 0 radical (unpaired) electrons. The third-order valence-electron chi connectivity index (χ3n) is 5.36. The average molecular weight is 369 g/mol. The van der Waals surface area contributed by atoms with Gasteiger partial charge in [0.1, 0.15) is 0 Å². The average Bonchev–Trinajstić information content (AvgIpc) is 2.63. The number of alkyl halides is 3. The van der Waals surface area contributed by atoms with Crippen molar-refractivity contribution in [1.29, 1.82) is 0 Å². The number of hydrogen-bond acceptors (Lipinski definition) is 3. The van der Waals surface area contributed by atoms with Gasteiger partial charge in [-0.1, -0.05) is 6.07 Å². The first-order valence-corrected chi connectivity index (χ1v) is 9.20. The van der Waals surface area contributed by atoms with E-state index in [-0.39, 0.29) is 11.5 Å². The maximum Gasteiger partial charge on any atom is 0.416 e. The van der Waals surface area contributed by atoms with E-state index in [0.717, 1.165) is 57.7 Å². The van der Waals surface area contributed by atoms with Gasteiger partial charge in [-0.25, -0.2) is 0 Å². The zero-order valence-electron chi connectivity index (χ0n) is 15.1. The van der Waals surface area contributed by atoms with Crippen LogP contribution in [0.25, 0.3) is 0 Å². The summed E-state index contributed by atoms with van der Waals surface area (Å²) in [7, 11) is 2.12. The lowest BCUT2D eigenvalue weighted by Gasteiger charge is -2.38. The van der Waals surface area contributed by atoms with Gasteiger partial charge >= 0.3 is 6.18 Å². The largest absolute Gasteiger partial charge is 0.416 e. The minimum atomic E-state index is -4.43. The molecule has 0 spiro atoms. The van der Waals surface area contributed by atoms with E-state index in [4.69, 9.17) is 0 Å². The summed E-state index contributed by atoms with van der Waals surface area (Å²) in [4.78, 5) is 19.2. The molecule has 0 saturated carbocycles. The van der Waals surface area contributed by atoms with Crippen molar-refractivity contribution in [1.82, 2.24) is 14.7 Å². The molecule has 2 aliphatic rings. The van der Waals surface area contributed by atoms with E-state index in [0.29, 0.717) is 19.0 Å². The summed E-state index contributed by atoms with van der Waals surface area (Å²) in [6, 6.07) is 4.75. The van der Waals surface area contributed by atoms with Crippen LogP contribution in [0.4, 0.5) is 13.2 Å². The van der Waals surface area contributed by atoms with E-state index in [1.165, 1.54) is 12.1 Å². The van der Waals surface area contributed by atoms with Crippen LogP contribution in [0.1, 0.15) is 28.8 Å². The molecule has 0 aromatic heterocycles. The van der Waals surface area contributed by atoms with Crippen LogP contribution in [0.3, 0.4) is 0 Å². The molecule has 0 N–H and O–H groups in total. The zero-order valence-corrected chi connectivity index (χ0v) is 15.1. The molecule has 0 unspecified atom stereocenters. The summed E-state index contributed by atoms with van der Waals surface area (Å²) >= 11 is 0. The molecule has 3 rings (SSSR count). The third kappa shape index (κ3) is 4.76. The monoisotopic (exact) mass is 369 g/mol. The van der Waals surface area contributed by atoms with Crippen molar-refractivity contribution in [2.45, 2.75) is 19.0 Å². The highest BCUT2D eigenvalue weighted by Crippen LogP contribution is 2.30. The standard InChI is InChI=1S/C19H26F3N3O/c1-23-8-10-24(11-9-23)13-15-4-3-7-25(14-15)18(26)16-5-2-6-17(12-16)19(20,21)22/h2,5-6,12,15H,3-4,7-11,13-14H2,1H3/t15-/m0/s1. The van der Waals surface area contributed by atoms with E-state index in [1.54, 1.807) is 4.90 Å². The molecule has 7 heteroatoms. The predicted octanol–water partition coefficient (Wildman–Crippen LogP) is 2.81. The smallest absolute Gasteiger partial charge is 0.338 e. The van der Waals surface area contributed by atoms with Gasteiger partial charge in [0.05, 0.1) is 5.56 Å². The second-order valence-corrected chi connectivity index (χ2v) is 7.44. The Kier molecular flexibility index (Phi) is 5.87. The molecule has 2 heterocycles. The lowest BCUT2D eigenvalue weighted by atomic mass is 9.96. The van der Waals surface area contributed by atoms with Crippen molar-refractivity contribution in [3.8, 4) is 0 Å². The number of likely N-dealkylation sites (N-methyl/N-ethyl adjacent to an activating group) is 1. The first-order valence-electron chi connectivity index (χ1n) is 9.20. The Balaban J connectivity index is 1.61. The maximum absolute atomic E-state index is 12.9. The number of piperidine rings is 1.